The van der Waals surface area contributed by atoms with Gasteiger partial charge in [-0.05, 0) is 55.3 Å². The molecular formula is C20H19ClO4. The summed E-state index contributed by atoms with van der Waals surface area (Å²) in [7, 11) is 0. The first-order valence-corrected chi connectivity index (χ1v) is 8.24. The van der Waals surface area contributed by atoms with Gasteiger partial charge >= 0.3 is 5.97 Å². The Kier molecular flexibility index (Phi) is 6.78. The molecule has 0 aliphatic rings. The number of ether oxygens (including phenoxy) is 2. The van der Waals surface area contributed by atoms with Crippen LogP contribution in [-0.2, 0) is 20.9 Å². The quantitative estimate of drug-likeness (QED) is 0.317. The zero-order chi connectivity index (χ0) is 18.2. The maximum Gasteiger partial charge on any atom is 0.341 e. The van der Waals surface area contributed by atoms with Gasteiger partial charge in [-0.1, -0.05) is 35.9 Å². The lowest BCUT2D eigenvalue weighted by atomic mass is 10.1. The average molecular weight is 359 g/mol. The summed E-state index contributed by atoms with van der Waals surface area (Å²) in [6.07, 6.45) is 1.52. The van der Waals surface area contributed by atoms with Gasteiger partial charge in [0.15, 0.2) is 5.78 Å². The minimum atomic E-state index is -0.613. The second-order valence-electron chi connectivity index (χ2n) is 5.32. The molecule has 0 spiro atoms. The molecule has 5 heteroatoms. The van der Waals surface area contributed by atoms with Gasteiger partial charge in [0.05, 0.1) is 6.61 Å². The molecule has 0 saturated heterocycles. The Balaban J connectivity index is 2.05. The van der Waals surface area contributed by atoms with E-state index in [4.69, 9.17) is 21.1 Å². The first-order chi connectivity index (χ1) is 12.0. The van der Waals surface area contributed by atoms with Gasteiger partial charge in [0.2, 0.25) is 0 Å². The van der Waals surface area contributed by atoms with Crippen molar-refractivity contribution in [3.63, 3.8) is 0 Å². The van der Waals surface area contributed by atoms with Gasteiger partial charge in [-0.2, -0.15) is 0 Å². The van der Waals surface area contributed by atoms with Crippen molar-refractivity contribution in [2.45, 2.75) is 20.5 Å². The molecule has 130 valence electrons. The highest BCUT2D eigenvalue weighted by atomic mass is 35.5. The highest BCUT2D eigenvalue weighted by molar-refractivity contribution is 6.30. The predicted molar refractivity (Wildman–Crippen MR) is 97.5 cm³/mol. The Bertz CT molecular complexity index is 761. The van der Waals surface area contributed by atoms with Crippen LogP contribution in [-0.4, -0.2) is 18.4 Å². The topological polar surface area (TPSA) is 52.6 Å². The lowest BCUT2D eigenvalue weighted by Crippen LogP contribution is -2.13. The number of rotatable bonds is 7. The molecule has 0 aromatic heterocycles. The summed E-state index contributed by atoms with van der Waals surface area (Å²) in [5.41, 5.74) is 1.75. The van der Waals surface area contributed by atoms with Crippen LogP contribution in [0.1, 0.15) is 25.0 Å². The summed E-state index contributed by atoms with van der Waals surface area (Å²) in [4.78, 5) is 23.4. The van der Waals surface area contributed by atoms with Crippen molar-refractivity contribution in [2.75, 3.05) is 6.61 Å². The van der Waals surface area contributed by atoms with Crippen LogP contribution in [0, 0.1) is 0 Å². The molecule has 0 heterocycles. The van der Waals surface area contributed by atoms with E-state index >= 15 is 0 Å². The van der Waals surface area contributed by atoms with Crippen LogP contribution >= 0.6 is 11.6 Å². The number of esters is 1. The molecule has 0 radical (unpaired) electrons. The minimum Gasteiger partial charge on any atom is -0.489 e. The molecule has 0 amide bonds. The molecule has 2 rings (SSSR count). The lowest BCUT2D eigenvalue weighted by molar-refractivity contribution is -0.139. The van der Waals surface area contributed by atoms with Crippen molar-refractivity contribution in [3.05, 3.63) is 70.3 Å². The van der Waals surface area contributed by atoms with Crippen LogP contribution in [0.3, 0.4) is 0 Å². The number of carbonyl (C=O) groups excluding carboxylic acids is 2. The van der Waals surface area contributed by atoms with Gasteiger partial charge in [0.25, 0.3) is 0 Å². The molecule has 0 fully saturated rings. The van der Waals surface area contributed by atoms with E-state index in [9.17, 15) is 9.59 Å². The molecule has 0 aliphatic carbocycles. The molecular weight excluding hydrogens is 340 g/mol. The van der Waals surface area contributed by atoms with E-state index in [-0.39, 0.29) is 18.0 Å². The van der Waals surface area contributed by atoms with E-state index < -0.39 is 5.97 Å². The summed E-state index contributed by atoms with van der Waals surface area (Å²) in [6.45, 7) is 3.68. The highest BCUT2D eigenvalue weighted by Gasteiger charge is 2.15. The van der Waals surface area contributed by atoms with Crippen molar-refractivity contribution in [1.82, 2.24) is 0 Å². The van der Waals surface area contributed by atoms with Crippen LogP contribution in [0.25, 0.3) is 6.08 Å². The van der Waals surface area contributed by atoms with Gasteiger partial charge in [-0.3, -0.25) is 4.79 Å². The summed E-state index contributed by atoms with van der Waals surface area (Å²) >= 11 is 5.85. The summed E-state index contributed by atoms with van der Waals surface area (Å²) in [6, 6.07) is 14.5. The number of Topliss-reactive ketones (excluding diaryl/α,β-unsaturated/α-hetero) is 1. The smallest absolute Gasteiger partial charge is 0.341 e. The molecule has 2 aromatic rings. The summed E-state index contributed by atoms with van der Waals surface area (Å²) < 4.78 is 10.6. The standard InChI is InChI=1S/C20H19ClO4/c1-3-24-20(23)19(14(2)22)12-15-6-10-18(11-7-15)25-13-16-4-8-17(21)9-5-16/h4-12H,3,13H2,1-2H3/b19-12-. The fourth-order valence-electron chi connectivity index (χ4n) is 2.09. The number of benzene rings is 2. The Morgan fingerprint density at radius 3 is 2.24 bits per heavy atom. The molecule has 0 unspecified atom stereocenters. The molecule has 0 N–H and O–H groups in total. The van der Waals surface area contributed by atoms with E-state index in [0.717, 1.165) is 11.1 Å². The van der Waals surface area contributed by atoms with E-state index in [1.54, 1.807) is 31.2 Å². The Morgan fingerprint density at radius 2 is 1.68 bits per heavy atom. The SMILES string of the molecule is CCOC(=O)/C(=C\c1ccc(OCc2ccc(Cl)cc2)cc1)C(C)=O. The van der Waals surface area contributed by atoms with Crippen molar-refractivity contribution in [1.29, 1.82) is 0 Å². The maximum atomic E-state index is 11.8. The largest absolute Gasteiger partial charge is 0.489 e. The van der Waals surface area contributed by atoms with E-state index in [2.05, 4.69) is 0 Å². The summed E-state index contributed by atoms with van der Waals surface area (Å²) in [5, 5.41) is 0.683. The van der Waals surface area contributed by atoms with Crippen LogP contribution in [0.5, 0.6) is 5.75 Å². The van der Waals surface area contributed by atoms with E-state index in [1.165, 1.54) is 13.0 Å². The first kappa shape index (κ1) is 18.7. The summed E-state index contributed by atoms with van der Waals surface area (Å²) in [5.74, 6) is -0.257. The minimum absolute atomic E-state index is 0.0247. The van der Waals surface area contributed by atoms with Crippen molar-refractivity contribution >= 4 is 29.4 Å². The Morgan fingerprint density at radius 1 is 1.04 bits per heavy atom. The van der Waals surface area contributed by atoms with E-state index in [0.29, 0.717) is 17.4 Å². The number of hydrogen-bond acceptors (Lipinski definition) is 4. The third-order valence-corrected chi connectivity index (χ3v) is 3.64. The van der Waals surface area contributed by atoms with Crippen molar-refractivity contribution in [3.8, 4) is 5.75 Å². The zero-order valence-corrected chi connectivity index (χ0v) is 14.9. The molecule has 0 aliphatic heterocycles. The van der Waals surface area contributed by atoms with Crippen LogP contribution < -0.4 is 4.74 Å². The fourth-order valence-corrected chi connectivity index (χ4v) is 2.21. The average Bonchev–Trinajstić information content (AvgIpc) is 2.60. The third kappa shape index (κ3) is 5.76. The van der Waals surface area contributed by atoms with Crippen LogP contribution in [0.4, 0.5) is 0 Å². The molecule has 0 atom stereocenters. The normalized spacial score (nSPS) is 11.1. The first-order valence-electron chi connectivity index (χ1n) is 7.86. The molecule has 0 saturated carbocycles. The second kappa shape index (κ2) is 9.04. The van der Waals surface area contributed by atoms with Gasteiger partial charge in [0.1, 0.15) is 17.9 Å². The third-order valence-electron chi connectivity index (χ3n) is 3.38. The van der Waals surface area contributed by atoms with Gasteiger partial charge in [-0.25, -0.2) is 4.79 Å². The molecule has 0 bridgehead atoms. The molecule has 4 nitrogen and oxygen atoms in total. The molecule has 25 heavy (non-hydrogen) atoms. The Hall–Kier alpha value is -2.59. The predicted octanol–water partition coefficient (Wildman–Crippen LogP) is 4.45. The number of carbonyl (C=O) groups is 2. The van der Waals surface area contributed by atoms with Crippen LogP contribution in [0.2, 0.25) is 5.02 Å². The number of ketones is 1. The Labute approximate surface area is 152 Å². The lowest BCUT2D eigenvalue weighted by Gasteiger charge is -2.07. The second-order valence-corrected chi connectivity index (χ2v) is 5.76. The monoisotopic (exact) mass is 358 g/mol. The van der Waals surface area contributed by atoms with Gasteiger partial charge < -0.3 is 9.47 Å². The fraction of sp³-hybridized carbons (Fsp3) is 0.200. The van der Waals surface area contributed by atoms with E-state index in [1.807, 2.05) is 24.3 Å². The number of halogens is 1. The van der Waals surface area contributed by atoms with Crippen molar-refractivity contribution < 1.29 is 19.1 Å². The molecule has 2 aromatic carbocycles. The number of hydrogen-bond donors (Lipinski definition) is 0. The van der Waals surface area contributed by atoms with Crippen molar-refractivity contribution in [2.24, 2.45) is 0 Å². The van der Waals surface area contributed by atoms with Crippen LogP contribution in [0.15, 0.2) is 54.1 Å². The van der Waals surface area contributed by atoms with Gasteiger partial charge in [-0.15, -0.1) is 0 Å². The highest BCUT2D eigenvalue weighted by Crippen LogP contribution is 2.17. The zero-order valence-electron chi connectivity index (χ0n) is 14.1. The van der Waals surface area contributed by atoms with Gasteiger partial charge in [0, 0.05) is 5.02 Å². The maximum absolute atomic E-state index is 11.8.